The number of benzene rings is 2. The minimum atomic E-state index is -0.572. The molecule has 2 atom stereocenters. The monoisotopic (exact) mass is 612 g/mol. The van der Waals surface area contributed by atoms with Crippen molar-refractivity contribution in [2.45, 2.75) is 22.6 Å². The number of rotatable bonds is 7. The van der Waals surface area contributed by atoms with Gasteiger partial charge >= 0.3 is 0 Å². The Bertz CT molecular complexity index is 1020. The molecule has 180 valence electrons. The summed E-state index contributed by atoms with van der Waals surface area (Å²) in [7, 11) is 0. The lowest BCUT2D eigenvalue weighted by molar-refractivity contribution is -0.124. The smallest absolute Gasteiger partial charge is 0.267 e. The van der Waals surface area contributed by atoms with Crippen LogP contribution in [0.1, 0.15) is 29.2 Å². The van der Waals surface area contributed by atoms with Crippen LogP contribution in [0.4, 0.5) is 5.82 Å². The lowest BCUT2D eigenvalue weighted by Gasteiger charge is -2.33. The Kier molecular flexibility index (Phi) is 11.3. The van der Waals surface area contributed by atoms with Gasteiger partial charge in [0.05, 0.1) is 16.1 Å². The maximum atomic E-state index is 11.1. The van der Waals surface area contributed by atoms with E-state index in [4.69, 9.17) is 5.21 Å². The molecule has 34 heavy (non-hydrogen) atoms. The highest BCUT2D eigenvalue weighted by atomic mass is 127. The van der Waals surface area contributed by atoms with E-state index in [2.05, 4.69) is 98.5 Å². The minimum Gasteiger partial charge on any atom is -0.365 e. The molecule has 0 saturated carbocycles. The second-order valence-corrected chi connectivity index (χ2v) is 8.94. The van der Waals surface area contributed by atoms with Crippen molar-refractivity contribution in [1.29, 1.82) is 0 Å². The van der Waals surface area contributed by atoms with Gasteiger partial charge in [0.2, 0.25) is 0 Å². The molecule has 1 amide bonds. The molecule has 6 nitrogen and oxygen atoms in total. The van der Waals surface area contributed by atoms with Gasteiger partial charge in [-0.15, -0.1) is 24.8 Å². The van der Waals surface area contributed by atoms with Gasteiger partial charge in [0.25, 0.3) is 5.91 Å². The van der Waals surface area contributed by atoms with Crippen LogP contribution in [0.15, 0.2) is 85.1 Å². The van der Waals surface area contributed by atoms with E-state index in [0.29, 0.717) is 0 Å². The molecule has 1 unspecified atom stereocenters. The van der Waals surface area contributed by atoms with Crippen LogP contribution in [0.2, 0.25) is 0 Å². The largest absolute Gasteiger partial charge is 0.365 e. The van der Waals surface area contributed by atoms with E-state index in [1.807, 2.05) is 12.1 Å². The number of carbonyl (C=O) groups excluding carboxylic acids is 1. The summed E-state index contributed by atoms with van der Waals surface area (Å²) in [5, 5.41) is 12.1. The summed E-state index contributed by atoms with van der Waals surface area (Å²) in [6.07, 6.45) is 5.58. The summed E-state index contributed by atoms with van der Waals surface area (Å²) in [4.78, 5) is 18.2. The molecule has 0 spiro atoms. The molecule has 2 heterocycles. The number of hydroxylamine groups is 1. The second kappa shape index (κ2) is 13.7. The fraction of sp³-hybridized carbons (Fsp3) is 0.200. The maximum Gasteiger partial charge on any atom is 0.267 e. The van der Waals surface area contributed by atoms with Gasteiger partial charge in [0.1, 0.15) is 5.82 Å². The third-order valence-electron chi connectivity index (χ3n) is 5.57. The lowest BCUT2D eigenvalue weighted by Crippen LogP contribution is -2.36. The highest BCUT2D eigenvalue weighted by Crippen LogP contribution is 2.37. The molecule has 2 aromatic carbocycles. The Morgan fingerprint density at radius 1 is 1.03 bits per heavy atom. The lowest BCUT2D eigenvalue weighted by atomic mass is 9.97. The first-order valence-corrected chi connectivity index (χ1v) is 11.7. The van der Waals surface area contributed by atoms with E-state index in [1.165, 1.54) is 17.2 Å². The first kappa shape index (κ1) is 28.1. The number of amides is 1. The molecular weight excluding hydrogens is 586 g/mol. The van der Waals surface area contributed by atoms with Crippen molar-refractivity contribution < 1.29 is 10.0 Å². The standard InChI is InChI=1S/C25H25IN4O2.2ClH/c26-25-21(28-22-13-11-18(17-27-22)12-14-23(31)29-32)15-16-30(25)24(19-7-3-1-4-8-19)20-9-5-2-6-10-20;;/h1-14,17,21,24-25,32H,15-16H2,(H,27,28)(H,29,31);2*1H/t21-,25?;;/m1../s1. The molecule has 9 heteroatoms. The SMILES string of the molecule is Cl.Cl.O=C(C=Cc1ccc(N[C@@H]2CCN(C(c3ccccc3)c3ccccc3)C2I)nc1)NO. The molecule has 3 N–H and O–H groups in total. The Balaban J connectivity index is 0.00000204. The third-order valence-corrected chi connectivity index (χ3v) is 7.15. The summed E-state index contributed by atoms with van der Waals surface area (Å²) >= 11 is 2.54. The quantitative estimate of drug-likeness (QED) is 0.0823. The minimum absolute atomic E-state index is 0. The van der Waals surface area contributed by atoms with E-state index < -0.39 is 5.91 Å². The van der Waals surface area contributed by atoms with Crippen molar-refractivity contribution in [3.05, 3.63) is 102 Å². The summed E-state index contributed by atoms with van der Waals surface area (Å²) in [5.41, 5.74) is 4.94. The van der Waals surface area contributed by atoms with Crippen LogP contribution in [0.5, 0.6) is 0 Å². The molecule has 3 aromatic rings. The zero-order chi connectivity index (χ0) is 22.3. The molecule has 0 radical (unpaired) electrons. The molecule has 1 fully saturated rings. The van der Waals surface area contributed by atoms with Crippen LogP contribution in [-0.2, 0) is 4.79 Å². The summed E-state index contributed by atoms with van der Waals surface area (Å²) in [6.45, 7) is 0.983. The third kappa shape index (κ3) is 6.93. The zero-order valence-electron chi connectivity index (χ0n) is 18.3. The maximum absolute atomic E-state index is 11.1. The van der Waals surface area contributed by atoms with Crippen LogP contribution in [-0.4, -0.2) is 37.6 Å². The van der Waals surface area contributed by atoms with E-state index in [9.17, 15) is 4.79 Å². The highest BCUT2D eigenvalue weighted by Gasteiger charge is 2.37. The molecule has 1 aliphatic rings. The Morgan fingerprint density at radius 3 is 2.18 bits per heavy atom. The normalized spacial score (nSPS) is 17.7. The summed E-state index contributed by atoms with van der Waals surface area (Å²) < 4.78 is 0.285. The van der Waals surface area contributed by atoms with Gasteiger partial charge in [-0.3, -0.25) is 14.9 Å². The van der Waals surface area contributed by atoms with Gasteiger partial charge in [0.15, 0.2) is 0 Å². The average Bonchev–Trinajstić information content (AvgIpc) is 3.19. The highest BCUT2D eigenvalue weighted by molar-refractivity contribution is 14.1. The van der Waals surface area contributed by atoms with Crippen LogP contribution in [0, 0.1) is 0 Å². The van der Waals surface area contributed by atoms with Crippen LogP contribution < -0.4 is 10.8 Å². The average molecular weight is 613 g/mol. The second-order valence-electron chi connectivity index (χ2n) is 7.66. The van der Waals surface area contributed by atoms with Gasteiger partial charge in [-0.1, -0.05) is 83.3 Å². The molecule has 0 bridgehead atoms. The van der Waals surface area contributed by atoms with Crippen molar-refractivity contribution in [3.8, 4) is 0 Å². The summed E-state index contributed by atoms with van der Waals surface area (Å²) in [5.74, 6) is 0.232. The van der Waals surface area contributed by atoms with E-state index in [-0.39, 0.29) is 40.9 Å². The molecule has 1 aromatic heterocycles. The van der Waals surface area contributed by atoms with Crippen molar-refractivity contribution >= 4 is 65.2 Å². The van der Waals surface area contributed by atoms with Crippen molar-refractivity contribution in [2.75, 3.05) is 11.9 Å². The molecule has 0 aliphatic carbocycles. The number of pyridine rings is 1. The van der Waals surface area contributed by atoms with Crippen molar-refractivity contribution in [1.82, 2.24) is 15.4 Å². The molecule has 1 saturated heterocycles. The predicted octanol–water partition coefficient (Wildman–Crippen LogP) is 5.48. The molecule has 4 rings (SSSR count). The zero-order valence-corrected chi connectivity index (χ0v) is 22.0. The Morgan fingerprint density at radius 2 is 1.65 bits per heavy atom. The number of likely N-dealkylation sites (tertiary alicyclic amines) is 1. The number of carbonyl (C=O) groups is 1. The number of nitrogens with zero attached hydrogens (tertiary/aromatic N) is 2. The number of aromatic nitrogens is 1. The van der Waals surface area contributed by atoms with E-state index in [1.54, 1.807) is 17.8 Å². The van der Waals surface area contributed by atoms with Crippen LogP contribution >= 0.6 is 47.4 Å². The van der Waals surface area contributed by atoms with Gasteiger partial charge in [0, 0.05) is 18.8 Å². The number of alkyl halides is 1. The number of halogens is 3. The fourth-order valence-electron chi connectivity index (χ4n) is 4.03. The first-order chi connectivity index (χ1) is 15.7. The van der Waals surface area contributed by atoms with Crippen LogP contribution in [0.25, 0.3) is 6.08 Å². The fourth-order valence-corrected chi connectivity index (χ4v) is 5.17. The Hall–Kier alpha value is -2.17. The van der Waals surface area contributed by atoms with Crippen LogP contribution in [0.3, 0.4) is 0 Å². The van der Waals surface area contributed by atoms with E-state index in [0.717, 1.165) is 24.3 Å². The van der Waals surface area contributed by atoms with Crippen molar-refractivity contribution in [3.63, 3.8) is 0 Å². The Labute approximate surface area is 225 Å². The number of hydrogen-bond acceptors (Lipinski definition) is 5. The van der Waals surface area contributed by atoms with Gasteiger partial charge < -0.3 is 5.32 Å². The van der Waals surface area contributed by atoms with Gasteiger partial charge in [-0.05, 0) is 41.3 Å². The first-order valence-electron chi connectivity index (χ1n) is 10.5. The number of hydrogen-bond donors (Lipinski definition) is 3. The number of anilines is 1. The van der Waals surface area contributed by atoms with Crippen molar-refractivity contribution in [2.24, 2.45) is 0 Å². The number of nitrogens with one attached hydrogen (secondary N) is 2. The topological polar surface area (TPSA) is 77.5 Å². The molecule has 1 aliphatic heterocycles. The molecular formula is C25H27Cl2IN4O2. The van der Waals surface area contributed by atoms with Gasteiger partial charge in [-0.25, -0.2) is 10.5 Å². The predicted molar refractivity (Wildman–Crippen MR) is 149 cm³/mol. The van der Waals surface area contributed by atoms with Gasteiger partial charge in [-0.2, -0.15) is 0 Å². The van der Waals surface area contributed by atoms with E-state index >= 15 is 0 Å². The summed E-state index contributed by atoms with van der Waals surface area (Å²) in [6, 6.07) is 25.6.